The third-order valence-electron chi connectivity index (χ3n) is 3.02. The molecule has 2 aromatic carbocycles. The Bertz CT molecular complexity index is 705. The van der Waals surface area contributed by atoms with Crippen LogP contribution in [0.1, 0.15) is 24.2 Å². The van der Waals surface area contributed by atoms with Crippen LogP contribution in [-0.4, -0.2) is 17.6 Å². The van der Waals surface area contributed by atoms with Crippen molar-refractivity contribution in [2.24, 2.45) is 0 Å². The highest BCUT2D eigenvalue weighted by Gasteiger charge is 2.08. The first-order chi connectivity index (χ1) is 10.6. The van der Waals surface area contributed by atoms with Crippen molar-refractivity contribution >= 4 is 11.6 Å². The van der Waals surface area contributed by atoms with Crippen LogP contribution in [0, 0.1) is 11.3 Å². The van der Waals surface area contributed by atoms with E-state index in [0.717, 1.165) is 0 Å². The molecule has 2 N–H and O–H groups in total. The first kappa shape index (κ1) is 15.5. The lowest BCUT2D eigenvalue weighted by molar-refractivity contribution is -0.118. The number of ether oxygens (including phenoxy) is 1. The van der Waals surface area contributed by atoms with E-state index in [9.17, 15) is 9.90 Å². The maximum Gasteiger partial charge on any atom is 0.262 e. The van der Waals surface area contributed by atoms with Crippen LogP contribution in [0.3, 0.4) is 0 Å². The summed E-state index contributed by atoms with van der Waals surface area (Å²) >= 11 is 0. The third kappa shape index (κ3) is 4.08. The molecule has 0 fully saturated rings. The topological polar surface area (TPSA) is 82.3 Å². The van der Waals surface area contributed by atoms with Gasteiger partial charge in [-0.25, -0.2) is 0 Å². The summed E-state index contributed by atoms with van der Waals surface area (Å²) in [5, 5.41) is 21.2. The fourth-order valence-corrected chi connectivity index (χ4v) is 1.90. The van der Waals surface area contributed by atoms with Crippen LogP contribution in [0.2, 0.25) is 0 Å². The number of nitrogens with one attached hydrogen (secondary N) is 1. The summed E-state index contributed by atoms with van der Waals surface area (Å²) in [5.74, 6) is 0.0355. The summed E-state index contributed by atoms with van der Waals surface area (Å²) in [6.45, 7) is 1.46. The zero-order chi connectivity index (χ0) is 15.9. The molecule has 1 amide bonds. The number of anilines is 1. The first-order valence-corrected chi connectivity index (χ1v) is 6.80. The van der Waals surface area contributed by atoms with Crippen molar-refractivity contribution in [3.05, 3.63) is 59.7 Å². The average molecular weight is 296 g/mol. The molecule has 0 aliphatic rings. The van der Waals surface area contributed by atoms with Crippen molar-refractivity contribution in [2.45, 2.75) is 13.0 Å². The first-order valence-electron chi connectivity index (χ1n) is 6.80. The highest BCUT2D eigenvalue weighted by molar-refractivity contribution is 5.92. The van der Waals surface area contributed by atoms with E-state index in [4.69, 9.17) is 10.00 Å². The van der Waals surface area contributed by atoms with Crippen molar-refractivity contribution < 1.29 is 14.6 Å². The second kappa shape index (κ2) is 7.25. The third-order valence-corrected chi connectivity index (χ3v) is 3.02. The Hall–Kier alpha value is -2.84. The van der Waals surface area contributed by atoms with Crippen molar-refractivity contribution in [2.75, 3.05) is 11.9 Å². The summed E-state index contributed by atoms with van der Waals surface area (Å²) in [5.41, 5.74) is 1.68. The van der Waals surface area contributed by atoms with E-state index in [1.165, 1.54) is 0 Å². The summed E-state index contributed by atoms with van der Waals surface area (Å²) in [6.07, 6.45) is -0.601. The zero-order valence-electron chi connectivity index (χ0n) is 12.1. The SMILES string of the molecule is CC(O)c1cccc(NC(=O)COc2ccccc2C#N)c1. The molecule has 0 aromatic heterocycles. The monoisotopic (exact) mass is 296 g/mol. The van der Waals surface area contributed by atoms with Crippen molar-refractivity contribution in [3.63, 3.8) is 0 Å². The van der Waals surface area contributed by atoms with Crippen LogP contribution >= 0.6 is 0 Å². The predicted molar refractivity (Wildman–Crippen MR) is 82.4 cm³/mol. The Labute approximate surface area is 128 Å². The summed E-state index contributed by atoms with van der Waals surface area (Å²) in [6, 6.07) is 15.7. The van der Waals surface area contributed by atoms with Gasteiger partial charge >= 0.3 is 0 Å². The number of nitriles is 1. The molecule has 1 unspecified atom stereocenters. The van der Waals surface area contributed by atoms with Crippen molar-refractivity contribution in [1.82, 2.24) is 0 Å². The van der Waals surface area contributed by atoms with Crippen LogP contribution < -0.4 is 10.1 Å². The van der Waals surface area contributed by atoms with E-state index < -0.39 is 6.10 Å². The summed E-state index contributed by atoms with van der Waals surface area (Å²) in [4.78, 5) is 11.9. The molecule has 0 saturated heterocycles. The van der Waals surface area contributed by atoms with E-state index in [0.29, 0.717) is 22.6 Å². The van der Waals surface area contributed by atoms with Gasteiger partial charge in [0.15, 0.2) is 6.61 Å². The van der Waals surface area contributed by atoms with Gasteiger partial charge in [0.25, 0.3) is 5.91 Å². The van der Waals surface area contributed by atoms with E-state index in [1.807, 2.05) is 6.07 Å². The Balaban J connectivity index is 1.96. The molecule has 0 aliphatic heterocycles. The molecular formula is C17H16N2O3. The lowest BCUT2D eigenvalue weighted by Crippen LogP contribution is -2.20. The number of para-hydroxylation sites is 1. The molecule has 2 aromatic rings. The summed E-state index contributed by atoms with van der Waals surface area (Å²) < 4.78 is 5.36. The van der Waals surface area contributed by atoms with Gasteiger partial charge in [-0.3, -0.25) is 4.79 Å². The number of amides is 1. The number of rotatable bonds is 5. The maximum atomic E-state index is 11.9. The van der Waals surface area contributed by atoms with Gasteiger partial charge in [-0.05, 0) is 36.8 Å². The normalized spacial score (nSPS) is 11.3. The molecule has 0 spiro atoms. The molecule has 5 heteroatoms. The largest absolute Gasteiger partial charge is 0.482 e. The predicted octanol–water partition coefficient (Wildman–Crippen LogP) is 2.63. The van der Waals surface area contributed by atoms with Gasteiger partial charge in [-0.2, -0.15) is 5.26 Å². The minimum Gasteiger partial charge on any atom is -0.482 e. The van der Waals surface area contributed by atoms with Gasteiger partial charge in [-0.15, -0.1) is 0 Å². The smallest absolute Gasteiger partial charge is 0.262 e. The second-order valence-corrected chi connectivity index (χ2v) is 4.75. The number of benzene rings is 2. The molecule has 0 saturated carbocycles. The van der Waals surface area contributed by atoms with E-state index in [1.54, 1.807) is 55.5 Å². The van der Waals surface area contributed by atoms with E-state index in [-0.39, 0.29) is 12.5 Å². The van der Waals surface area contributed by atoms with Gasteiger partial charge in [-0.1, -0.05) is 24.3 Å². The highest BCUT2D eigenvalue weighted by Crippen LogP contribution is 2.18. The number of nitrogens with zero attached hydrogens (tertiary/aromatic N) is 1. The van der Waals surface area contributed by atoms with Crippen molar-refractivity contribution in [3.8, 4) is 11.8 Å². The Morgan fingerprint density at radius 1 is 1.32 bits per heavy atom. The van der Waals surface area contributed by atoms with Crippen LogP contribution in [0.15, 0.2) is 48.5 Å². The molecule has 0 aliphatic carbocycles. The fourth-order valence-electron chi connectivity index (χ4n) is 1.90. The van der Waals surface area contributed by atoms with Gasteiger partial charge < -0.3 is 15.2 Å². The second-order valence-electron chi connectivity index (χ2n) is 4.75. The number of aliphatic hydroxyl groups excluding tert-OH is 1. The molecule has 5 nitrogen and oxygen atoms in total. The van der Waals surface area contributed by atoms with Gasteiger partial charge in [0, 0.05) is 5.69 Å². The lowest BCUT2D eigenvalue weighted by atomic mass is 10.1. The van der Waals surface area contributed by atoms with Gasteiger partial charge in [0.2, 0.25) is 0 Å². The summed E-state index contributed by atoms with van der Waals surface area (Å²) in [7, 11) is 0. The quantitative estimate of drug-likeness (QED) is 0.888. The molecule has 0 bridgehead atoms. The van der Waals surface area contributed by atoms with E-state index in [2.05, 4.69) is 5.32 Å². The molecular weight excluding hydrogens is 280 g/mol. The molecule has 0 heterocycles. The Kier molecular flexibility index (Phi) is 5.12. The van der Waals surface area contributed by atoms with Crippen LogP contribution in [0.4, 0.5) is 5.69 Å². The molecule has 112 valence electrons. The Morgan fingerprint density at radius 2 is 2.09 bits per heavy atom. The molecule has 2 rings (SSSR count). The number of hydrogen-bond donors (Lipinski definition) is 2. The number of aliphatic hydroxyl groups is 1. The minimum absolute atomic E-state index is 0.197. The average Bonchev–Trinajstić information content (AvgIpc) is 2.53. The fraction of sp³-hybridized carbons (Fsp3) is 0.176. The van der Waals surface area contributed by atoms with E-state index >= 15 is 0 Å². The van der Waals surface area contributed by atoms with Gasteiger partial charge in [0.1, 0.15) is 11.8 Å². The van der Waals surface area contributed by atoms with Crippen molar-refractivity contribution in [1.29, 1.82) is 5.26 Å². The van der Waals surface area contributed by atoms with Gasteiger partial charge in [0.05, 0.1) is 11.7 Å². The highest BCUT2D eigenvalue weighted by atomic mass is 16.5. The number of carbonyl (C=O) groups is 1. The molecule has 22 heavy (non-hydrogen) atoms. The molecule has 0 radical (unpaired) electrons. The molecule has 1 atom stereocenters. The number of hydrogen-bond acceptors (Lipinski definition) is 4. The Morgan fingerprint density at radius 3 is 2.82 bits per heavy atom. The minimum atomic E-state index is -0.601. The lowest BCUT2D eigenvalue weighted by Gasteiger charge is -2.10. The van der Waals surface area contributed by atoms with Crippen LogP contribution in [0.25, 0.3) is 0 Å². The zero-order valence-corrected chi connectivity index (χ0v) is 12.1. The van der Waals surface area contributed by atoms with Crippen LogP contribution in [-0.2, 0) is 4.79 Å². The number of carbonyl (C=O) groups excluding carboxylic acids is 1. The standard InChI is InChI=1S/C17H16N2O3/c1-12(20)13-6-4-7-15(9-13)19-17(21)11-22-16-8-3-2-5-14(16)10-18/h2-9,12,20H,11H2,1H3,(H,19,21). The van der Waals surface area contributed by atoms with Crippen LogP contribution in [0.5, 0.6) is 5.75 Å². The maximum absolute atomic E-state index is 11.9.